The average molecular weight is 379 g/mol. The molecule has 0 saturated carbocycles. The SMILES string of the molecule is CCOC(=O)c1c(NC(=O)CN2CCNC(=O)C2)sc2c1CC[C@H](C)C2. The van der Waals surface area contributed by atoms with Crippen LogP contribution in [0, 0.1) is 5.92 Å². The molecule has 8 heteroatoms. The molecule has 7 nitrogen and oxygen atoms in total. The molecule has 0 unspecified atom stereocenters. The number of carbonyl (C=O) groups is 3. The monoisotopic (exact) mass is 379 g/mol. The van der Waals surface area contributed by atoms with E-state index in [0.717, 1.165) is 24.8 Å². The van der Waals surface area contributed by atoms with Crippen molar-refractivity contribution in [3.8, 4) is 0 Å². The molecule has 2 heterocycles. The average Bonchev–Trinajstić information content (AvgIpc) is 2.91. The number of carbonyl (C=O) groups excluding carboxylic acids is 3. The number of fused-ring (bicyclic) bond motifs is 1. The molecule has 1 aromatic rings. The van der Waals surface area contributed by atoms with Crippen molar-refractivity contribution < 1.29 is 19.1 Å². The molecule has 142 valence electrons. The molecule has 2 aliphatic rings. The van der Waals surface area contributed by atoms with Gasteiger partial charge in [0.1, 0.15) is 5.00 Å². The Hall–Kier alpha value is -1.93. The predicted molar refractivity (Wildman–Crippen MR) is 99.5 cm³/mol. The van der Waals surface area contributed by atoms with E-state index in [1.807, 2.05) is 0 Å². The number of thiophene rings is 1. The van der Waals surface area contributed by atoms with Gasteiger partial charge in [-0.15, -0.1) is 11.3 Å². The molecule has 1 fully saturated rings. The lowest BCUT2D eigenvalue weighted by Crippen LogP contribution is -2.49. The first kappa shape index (κ1) is 18.8. The van der Waals surface area contributed by atoms with E-state index in [1.54, 1.807) is 11.8 Å². The maximum atomic E-state index is 12.5. The number of esters is 1. The molecule has 2 N–H and O–H groups in total. The number of rotatable bonds is 5. The molecule has 3 rings (SSSR count). The van der Waals surface area contributed by atoms with E-state index in [4.69, 9.17) is 4.74 Å². The van der Waals surface area contributed by atoms with Crippen molar-refractivity contribution in [2.75, 3.05) is 38.1 Å². The third kappa shape index (κ3) is 4.24. The number of amides is 2. The molecule has 26 heavy (non-hydrogen) atoms. The van der Waals surface area contributed by atoms with Gasteiger partial charge in [-0.3, -0.25) is 14.5 Å². The van der Waals surface area contributed by atoms with Gasteiger partial charge in [-0.05, 0) is 37.7 Å². The summed E-state index contributed by atoms with van der Waals surface area (Å²) in [7, 11) is 0. The van der Waals surface area contributed by atoms with E-state index in [1.165, 1.54) is 16.2 Å². The summed E-state index contributed by atoms with van der Waals surface area (Å²) in [6.45, 7) is 5.82. The van der Waals surface area contributed by atoms with Crippen LogP contribution in [0.2, 0.25) is 0 Å². The van der Waals surface area contributed by atoms with Crippen molar-refractivity contribution in [1.29, 1.82) is 0 Å². The van der Waals surface area contributed by atoms with Crippen molar-refractivity contribution in [1.82, 2.24) is 10.2 Å². The van der Waals surface area contributed by atoms with E-state index < -0.39 is 0 Å². The van der Waals surface area contributed by atoms with Crippen LogP contribution < -0.4 is 10.6 Å². The maximum Gasteiger partial charge on any atom is 0.341 e. The number of nitrogens with zero attached hydrogens (tertiary/aromatic N) is 1. The van der Waals surface area contributed by atoms with Gasteiger partial charge in [0.05, 0.1) is 25.3 Å². The molecule has 0 radical (unpaired) electrons. The Labute approximate surface area is 157 Å². The molecular weight excluding hydrogens is 354 g/mol. The molecule has 0 bridgehead atoms. The first-order valence-electron chi connectivity index (χ1n) is 9.08. The summed E-state index contributed by atoms with van der Waals surface area (Å²) in [6, 6.07) is 0. The van der Waals surface area contributed by atoms with Crippen molar-refractivity contribution in [2.24, 2.45) is 5.92 Å². The van der Waals surface area contributed by atoms with Crippen LogP contribution in [0.3, 0.4) is 0 Å². The zero-order valence-electron chi connectivity index (χ0n) is 15.2. The van der Waals surface area contributed by atoms with Crippen LogP contribution in [0.1, 0.15) is 41.1 Å². The highest BCUT2D eigenvalue weighted by atomic mass is 32.1. The van der Waals surface area contributed by atoms with Gasteiger partial charge in [0, 0.05) is 18.0 Å². The molecule has 0 aromatic carbocycles. The zero-order valence-corrected chi connectivity index (χ0v) is 16.0. The highest BCUT2D eigenvalue weighted by molar-refractivity contribution is 7.17. The lowest BCUT2D eigenvalue weighted by Gasteiger charge is -2.25. The van der Waals surface area contributed by atoms with Crippen molar-refractivity contribution >= 4 is 34.1 Å². The van der Waals surface area contributed by atoms with E-state index in [9.17, 15) is 14.4 Å². The number of nitrogens with one attached hydrogen (secondary N) is 2. The van der Waals surface area contributed by atoms with Crippen LogP contribution in [-0.4, -0.2) is 55.5 Å². The van der Waals surface area contributed by atoms with Gasteiger partial charge < -0.3 is 15.4 Å². The minimum atomic E-state index is -0.368. The number of hydrogen-bond acceptors (Lipinski definition) is 6. The van der Waals surface area contributed by atoms with Crippen LogP contribution in [-0.2, 0) is 27.2 Å². The lowest BCUT2D eigenvalue weighted by molar-refractivity contribution is -0.125. The van der Waals surface area contributed by atoms with Gasteiger partial charge in [0.2, 0.25) is 11.8 Å². The zero-order chi connectivity index (χ0) is 18.7. The maximum absolute atomic E-state index is 12.5. The van der Waals surface area contributed by atoms with Crippen molar-refractivity contribution in [2.45, 2.75) is 33.1 Å². The minimum absolute atomic E-state index is 0.0724. The van der Waals surface area contributed by atoms with Crippen LogP contribution in [0.4, 0.5) is 5.00 Å². The van der Waals surface area contributed by atoms with Gasteiger partial charge in [0.15, 0.2) is 0 Å². The molecule has 0 spiro atoms. The number of ether oxygens (including phenoxy) is 1. The molecular formula is C18H25N3O4S. The highest BCUT2D eigenvalue weighted by Crippen LogP contribution is 2.40. The second-order valence-corrected chi connectivity index (χ2v) is 7.99. The topological polar surface area (TPSA) is 87.7 Å². The van der Waals surface area contributed by atoms with E-state index in [2.05, 4.69) is 17.6 Å². The number of hydrogen-bond donors (Lipinski definition) is 2. The number of anilines is 1. The standard InChI is InChI=1S/C18H25N3O4S/c1-3-25-18(24)16-12-5-4-11(2)8-13(12)26-17(16)20-15(23)10-21-7-6-19-14(22)9-21/h11H,3-10H2,1-2H3,(H,19,22)(H,20,23)/t11-/m0/s1. The fraction of sp³-hybridized carbons (Fsp3) is 0.611. The third-order valence-electron chi connectivity index (χ3n) is 4.73. The lowest BCUT2D eigenvalue weighted by atomic mass is 9.88. The molecule has 1 aromatic heterocycles. The summed E-state index contributed by atoms with van der Waals surface area (Å²) in [4.78, 5) is 39.3. The van der Waals surface area contributed by atoms with Crippen LogP contribution >= 0.6 is 11.3 Å². The van der Waals surface area contributed by atoms with Crippen molar-refractivity contribution in [3.05, 3.63) is 16.0 Å². The van der Waals surface area contributed by atoms with Gasteiger partial charge in [-0.1, -0.05) is 6.92 Å². The smallest absolute Gasteiger partial charge is 0.341 e. The first-order chi connectivity index (χ1) is 12.5. The molecule has 1 atom stereocenters. The second-order valence-electron chi connectivity index (χ2n) is 6.89. The third-order valence-corrected chi connectivity index (χ3v) is 5.90. The van der Waals surface area contributed by atoms with Crippen LogP contribution in [0.25, 0.3) is 0 Å². The minimum Gasteiger partial charge on any atom is -0.462 e. The Morgan fingerprint density at radius 1 is 1.42 bits per heavy atom. The fourth-order valence-corrected chi connectivity index (χ4v) is 4.87. The summed E-state index contributed by atoms with van der Waals surface area (Å²) in [6.07, 6.45) is 2.80. The van der Waals surface area contributed by atoms with Gasteiger partial charge in [-0.2, -0.15) is 0 Å². The predicted octanol–water partition coefficient (Wildman–Crippen LogP) is 1.42. The van der Waals surface area contributed by atoms with E-state index in [-0.39, 0.29) is 30.9 Å². The fourth-order valence-electron chi connectivity index (χ4n) is 3.45. The van der Waals surface area contributed by atoms with E-state index >= 15 is 0 Å². The molecule has 2 amide bonds. The quantitative estimate of drug-likeness (QED) is 0.756. The Kier molecular flexibility index (Phi) is 5.93. The van der Waals surface area contributed by atoms with Gasteiger partial charge in [-0.25, -0.2) is 4.79 Å². The van der Waals surface area contributed by atoms with Crippen LogP contribution in [0.15, 0.2) is 0 Å². The summed E-state index contributed by atoms with van der Waals surface area (Å²) in [5.41, 5.74) is 1.54. The number of piperazine rings is 1. The van der Waals surface area contributed by atoms with Gasteiger partial charge >= 0.3 is 5.97 Å². The Morgan fingerprint density at radius 3 is 2.96 bits per heavy atom. The second kappa shape index (κ2) is 8.18. The Balaban J connectivity index is 1.76. The highest BCUT2D eigenvalue weighted by Gasteiger charge is 2.29. The molecule has 1 aliphatic carbocycles. The van der Waals surface area contributed by atoms with Crippen molar-refractivity contribution in [3.63, 3.8) is 0 Å². The summed E-state index contributed by atoms with van der Waals surface area (Å²) < 4.78 is 5.22. The molecule has 1 aliphatic heterocycles. The van der Waals surface area contributed by atoms with Crippen LogP contribution in [0.5, 0.6) is 0 Å². The summed E-state index contributed by atoms with van der Waals surface area (Å²) in [5, 5.41) is 6.21. The Morgan fingerprint density at radius 2 is 2.23 bits per heavy atom. The van der Waals surface area contributed by atoms with E-state index in [0.29, 0.717) is 36.2 Å². The van der Waals surface area contributed by atoms with Gasteiger partial charge in [0.25, 0.3) is 0 Å². The summed E-state index contributed by atoms with van der Waals surface area (Å²) in [5.74, 6) is -0.0763. The normalized spacial score (nSPS) is 20.2. The summed E-state index contributed by atoms with van der Waals surface area (Å²) >= 11 is 1.48. The molecule has 1 saturated heterocycles. The largest absolute Gasteiger partial charge is 0.462 e. The Bertz CT molecular complexity index is 716. The first-order valence-corrected chi connectivity index (χ1v) is 9.90.